The second kappa shape index (κ2) is 6.78. The van der Waals surface area contributed by atoms with E-state index < -0.39 is 5.97 Å². The highest BCUT2D eigenvalue weighted by molar-refractivity contribution is 5.68. The molecular formula is C17H25NO2. The molecule has 1 N–H and O–H groups in total. The predicted molar refractivity (Wildman–Crippen MR) is 82.2 cm³/mol. The molecule has 1 aromatic carbocycles. The van der Waals surface area contributed by atoms with E-state index in [2.05, 4.69) is 30.9 Å². The Morgan fingerprint density at radius 2 is 1.90 bits per heavy atom. The molecule has 0 bridgehead atoms. The molecule has 1 aromatic rings. The number of aryl methyl sites for hydroxylation is 1. The van der Waals surface area contributed by atoms with Gasteiger partial charge in [0.15, 0.2) is 0 Å². The highest BCUT2D eigenvalue weighted by Gasteiger charge is 2.25. The van der Waals surface area contributed by atoms with E-state index in [1.165, 1.54) is 36.9 Å². The van der Waals surface area contributed by atoms with Crippen molar-refractivity contribution in [3.8, 4) is 0 Å². The summed E-state index contributed by atoms with van der Waals surface area (Å²) in [7, 11) is 0. The molecule has 0 amide bonds. The van der Waals surface area contributed by atoms with Crippen LogP contribution in [0.2, 0.25) is 0 Å². The molecule has 0 unspecified atom stereocenters. The Labute approximate surface area is 121 Å². The van der Waals surface area contributed by atoms with Crippen LogP contribution in [0.3, 0.4) is 0 Å². The van der Waals surface area contributed by atoms with Crippen molar-refractivity contribution in [3.05, 3.63) is 29.8 Å². The lowest BCUT2D eigenvalue weighted by Crippen LogP contribution is -2.39. The molecule has 0 heterocycles. The van der Waals surface area contributed by atoms with Gasteiger partial charge in [-0.2, -0.15) is 0 Å². The first-order chi connectivity index (χ1) is 9.58. The van der Waals surface area contributed by atoms with Gasteiger partial charge in [-0.05, 0) is 50.2 Å². The van der Waals surface area contributed by atoms with E-state index >= 15 is 0 Å². The first-order valence-corrected chi connectivity index (χ1v) is 7.62. The van der Waals surface area contributed by atoms with Crippen molar-refractivity contribution in [2.75, 3.05) is 11.4 Å². The van der Waals surface area contributed by atoms with Crippen LogP contribution in [0, 0.1) is 12.8 Å². The van der Waals surface area contributed by atoms with E-state index in [1.807, 2.05) is 12.1 Å². The van der Waals surface area contributed by atoms with Crippen molar-refractivity contribution in [1.82, 2.24) is 0 Å². The highest BCUT2D eigenvalue weighted by Crippen LogP contribution is 2.31. The molecule has 0 radical (unpaired) electrons. The Morgan fingerprint density at radius 3 is 2.50 bits per heavy atom. The molecule has 0 aliphatic heterocycles. The summed E-state index contributed by atoms with van der Waals surface area (Å²) in [6.07, 6.45) is 5.06. The zero-order valence-corrected chi connectivity index (χ0v) is 12.5. The van der Waals surface area contributed by atoms with Crippen LogP contribution in [0.4, 0.5) is 5.69 Å². The third kappa shape index (κ3) is 3.75. The monoisotopic (exact) mass is 275 g/mol. The Balaban J connectivity index is 2.16. The standard InChI is InChI=1S/C17H25NO2/c1-13-7-9-15(10-8-13)18(12-11-17(19)20)16-6-4-3-5-14(16)2/h3-6,13,15H,7-12H2,1-2H3,(H,19,20). The fourth-order valence-electron chi connectivity index (χ4n) is 3.16. The quantitative estimate of drug-likeness (QED) is 0.887. The largest absolute Gasteiger partial charge is 0.481 e. The Hall–Kier alpha value is -1.51. The van der Waals surface area contributed by atoms with Crippen LogP contribution in [0.5, 0.6) is 0 Å². The van der Waals surface area contributed by atoms with E-state index in [1.54, 1.807) is 0 Å². The van der Waals surface area contributed by atoms with Crippen LogP contribution in [0.1, 0.15) is 44.6 Å². The molecule has 0 spiro atoms. The zero-order valence-electron chi connectivity index (χ0n) is 12.5. The number of nitrogens with zero attached hydrogens (tertiary/aromatic N) is 1. The molecule has 3 nitrogen and oxygen atoms in total. The van der Waals surface area contributed by atoms with Crippen LogP contribution in [-0.2, 0) is 4.79 Å². The van der Waals surface area contributed by atoms with Gasteiger partial charge in [-0.3, -0.25) is 4.79 Å². The number of aliphatic carboxylic acids is 1. The maximum absolute atomic E-state index is 10.9. The van der Waals surface area contributed by atoms with Gasteiger partial charge in [0.05, 0.1) is 6.42 Å². The normalized spacial score (nSPS) is 22.5. The van der Waals surface area contributed by atoms with E-state index in [4.69, 9.17) is 5.11 Å². The van der Waals surface area contributed by atoms with Crippen molar-refractivity contribution >= 4 is 11.7 Å². The summed E-state index contributed by atoms with van der Waals surface area (Å²) >= 11 is 0. The van der Waals surface area contributed by atoms with Crippen LogP contribution in [-0.4, -0.2) is 23.7 Å². The van der Waals surface area contributed by atoms with Gasteiger partial charge in [0, 0.05) is 18.3 Å². The molecule has 110 valence electrons. The minimum Gasteiger partial charge on any atom is -0.481 e. The summed E-state index contributed by atoms with van der Waals surface area (Å²) in [4.78, 5) is 13.3. The molecule has 3 heteroatoms. The highest BCUT2D eigenvalue weighted by atomic mass is 16.4. The van der Waals surface area contributed by atoms with Crippen LogP contribution in [0.15, 0.2) is 24.3 Å². The summed E-state index contributed by atoms with van der Waals surface area (Å²) in [5.74, 6) is 0.0946. The van der Waals surface area contributed by atoms with Gasteiger partial charge in [-0.15, -0.1) is 0 Å². The average molecular weight is 275 g/mol. The number of hydrogen-bond donors (Lipinski definition) is 1. The summed E-state index contributed by atoms with van der Waals surface area (Å²) in [6.45, 7) is 5.03. The SMILES string of the molecule is Cc1ccccc1N(CCC(=O)O)C1CCC(C)CC1. The van der Waals surface area contributed by atoms with Crippen molar-refractivity contribution < 1.29 is 9.90 Å². The second-order valence-corrected chi connectivity index (χ2v) is 6.04. The Morgan fingerprint density at radius 1 is 1.25 bits per heavy atom. The number of carboxylic acids is 1. The summed E-state index contributed by atoms with van der Waals surface area (Å²) < 4.78 is 0. The maximum atomic E-state index is 10.9. The molecule has 0 atom stereocenters. The lowest BCUT2D eigenvalue weighted by atomic mass is 9.86. The van der Waals surface area contributed by atoms with E-state index in [9.17, 15) is 4.79 Å². The Kier molecular flexibility index (Phi) is 5.05. The molecular weight excluding hydrogens is 250 g/mol. The molecule has 1 aliphatic carbocycles. The molecule has 0 saturated heterocycles. The summed E-state index contributed by atoms with van der Waals surface area (Å²) in [5, 5.41) is 8.99. The van der Waals surface area contributed by atoms with E-state index in [0.717, 1.165) is 5.92 Å². The average Bonchev–Trinajstić information content (AvgIpc) is 2.42. The van der Waals surface area contributed by atoms with Gasteiger partial charge in [0.1, 0.15) is 0 Å². The molecule has 20 heavy (non-hydrogen) atoms. The fourth-order valence-corrected chi connectivity index (χ4v) is 3.16. The van der Waals surface area contributed by atoms with Crippen molar-refractivity contribution in [3.63, 3.8) is 0 Å². The van der Waals surface area contributed by atoms with Gasteiger partial charge in [0.25, 0.3) is 0 Å². The van der Waals surface area contributed by atoms with E-state index in [-0.39, 0.29) is 6.42 Å². The smallest absolute Gasteiger partial charge is 0.305 e. The first-order valence-electron chi connectivity index (χ1n) is 7.62. The predicted octanol–water partition coefficient (Wildman–Crippen LogP) is 3.85. The van der Waals surface area contributed by atoms with Crippen molar-refractivity contribution in [1.29, 1.82) is 0 Å². The van der Waals surface area contributed by atoms with Gasteiger partial charge >= 0.3 is 5.97 Å². The summed E-state index contributed by atoms with van der Waals surface area (Å²) in [5.41, 5.74) is 2.44. The van der Waals surface area contributed by atoms with Gasteiger partial charge in [0.2, 0.25) is 0 Å². The first kappa shape index (κ1) is 14.9. The number of carboxylic acid groups (broad SMARTS) is 1. The second-order valence-electron chi connectivity index (χ2n) is 6.04. The topological polar surface area (TPSA) is 40.5 Å². The minimum atomic E-state index is -0.715. The lowest BCUT2D eigenvalue weighted by Gasteiger charge is -2.38. The molecule has 2 rings (SSSR count). The third-order valence-electron chi connectivity index (χ3n) is 4.42. The minimum absolute atomic E-state index is 0.209. The summed E-state index contributed by atoms with van der Waals surface area (Å²) in [6, 6.07) is 8.80. The number of benzene rings is 1. The third-order valence-corrected chi connectivity index (χ3v) is 4.42. The van der Waals surface area contributed by atoms with Crippen molar-refractivity contribution in [2.45, 2.75) is 52.0 Å². The van der Waals surface area contributed by atoms with Gasteiger partial charge in [-0.25, -0.2) is 0 Å². The number of hydrogen-bond acceptors (Lipinski definition) is 2. The van der Waals surface area contributed by atoms with Crippen LogP contribution in [0.25, 0.3) is 0 Å². The number of para-hydroxylation sites is 1. The van der Waals surface area contributed by atoms with Crippen LogP contribution < -0.4 is 4.90 Å². The lowest BCUT2D eigenvalue weighted by molar-refractivity contribution is -0.136. The van der Waals surface area contributed by atoms with Gasteiger partial charge in [-0.1, -0.05) is 25.1 Å². The zero-order chi connectivity index (χ0) is 14.5. The molecule has 1 aliphatic rings. The van der Waals surface area contributed by atoms with Gasteiger partial charge < -0.3 is 10.0 Å². The molecule has 1 saturated carbocycles. The fraction of sp³-hybridized carbons (Fsp3) is 0.588. The molecule has 1 fully saturated rings. The van der Waals surface area contributed by atoms with E-state index in [0.29, 0.717) is 12.6 Å². The Bertz CT molecular complexity index is 450. The number of carbonyl (C=O) groups is 1. The maximum Gasteiger partial charge on any atom is 0.305 e. The van der Waals surface area contributed by atoms with Crippen molar-refractivity contribution in [2.24, 2.45) is 5.92 Å². The number of anilines is 1. The molecule has 0 aromatic heterocycles. The van der Waals surface area contributed by atoms with Crippen LogP contribution >= 0.6 is 0 Å². The number of rotatable bonds is 5.